The van der Waals surface area contributed by atoms with Gasteiger partial charge in [-0.15, -0.1) is 0 Å². The molecule has 0 aliphatic carbocycles. The second-order valence-electron chi connectivity index (χ2n) is 5.62. The summed E-state index contributed by atoms with van der Waals surface area (Å²) < 4.78 is 0.743. The maximum Gasteiger partial charge on any atom is 0.257 e. The van der Waals surface area contributed by atoms with Gasteiger partial charge in [0.2, 0.25) is 0 Å². The van der Waals surface area contributed by atoms with Crippen LogP contribution in [-0.2, 0) is 0 Å². The molecule has 0 heterocycles. The van der Waals surface area contributed by atoms with E-state index in [4.69, 9.17) is 23.2 Å². The largest absolute Gasteiger partial charge is 0.384 e. The average Bonchev–Trinajstić information content (AvgIpc) is 2.65. The van der Waals surface area contributed by atoms with E-state index in [9.17, 15) is 9.90 Å². The molecule has 1 amide bonds. The molecule has 2 N–H and O–H groups in total. The average molecular weight is 451 g/mol. The zero-order valence-corrected chi connectivity index (χ0v) is 16.5. The van der Waals surface area contributed by atoms with Gasteiger partial charge < -0.3 is 10.4 Å². The van der Waals surface area contributed by atoms with E-state index in [1.807, 2.05) is 30.3 Å². The van der Waals surface area contributed by atoms with E-state index in [0.717, 1.165) is 4.47 Å². The lowest BCUT2D eigenvalue weighted by atomic mass is 9.99. The van der Waals surface area contributed by atoms with Crippen LogP contribution in [0.15, 0.2) is 71.2 Å². The van der Waals surface area contributed by atoms with Crippen LogP contribution < -0.4 is 5.32 Å². The number of benzene rings is 3. The molecule has 3 rings (SSSR count). The molecule has 3 aromatic rings. The molecule has 6 heteroatoms. The predicted molar refractivity (Wildman–Crippen MR) is 109 cm³/mol. The second-order valence-corrected chi connectivity index (χ2v) is 7.38. The second kappa shape index (κ2) is 8.23. The monoisotopic (exact) mass is 449 g/mol. The number of rotatable bonds is 4. The molecule has 0 saturated carbocycles. The third-order valence-corrected chi connectivity index (χ3v) is 4.90. The zero-order chi connectivity index (χ0) is 18.7. The number of hydrogen-bond acceptors (Lipinski definition) is 2. The highest BCUT2D eigenvalue weighted by molar-refractivity contribution is 9.10. The van der Waals surface area contributed by atoms with E-state index in [0.29, 0.717) is 32.4 Å². The molecule has 0 aliphatic rings. The van der Waals surface area contributed by atoms with Crippen LogP contribution in [0.1, 0.15) is 27.6 Å². The maximum atomic E-state index is 12.7. The number of halogens is 3. The summed E-state index contributed by atoms with van der Waals surface area (Å²) in [5.74, 6) is -0.375. The molecule has 0 bridgehead atoms. The fraction of sp³-hybridized carbons (Fsp3) is 0.0500. The normalized spacial score (nSPS) is 11.8. The Morgan fingerprint density at radius 2 is 1.73 bits per heavy atom. The molecule has 3 aromatic carbocycles. The summed E-state index contributed by atoms with van der Waals surface area (Å²) in [6.45, 7) is 0. The van der Waals surface area contributed by atoms with Gasteiger partial charge >= 0.3 is 0 Å². The van der Waals surface area contributed by atoms with Crippen LogP contribution in [0, 0.1) is 0 Å². The van der Waals surface area contributed by atoms with Crippen molar-refractivity contribution >= 4 is 50.7 Å². The first-order chi connectivity index (χ1) is 12.5. The van der Waals surface area contributed by atoms with Crippen molar-refractivity contribution < 1.29 is 9.90 Å². The molecule has 1 unspecified atom stereocenters. The van der Waals surface area contributed by atoms with Gasteiger partial charge in [0.25, 0.3) is 5.91 Å². The fourth-order valence-corrected chi connectivity index (χ4v) is 3.29. The van der Waals surface area contributed by atoms with Crippen LogP contribution in [0.25, 0.3) is 0 Å². The minimum absolute atomic E-state index is 0.330. The summed E-state index contributed by atoms with van der Waals surface area (Å²) in [5, 5.41) is 14.3. The quantitative estimate of drug-likeness (QED) is 0.505. The Balaban J connectivity index is 1.96. The van der Waals surface area contributed by atoms with Crippen LogP contribution in [0.3, 0.4) is 0 Å². The summed E-state index contributed by atoms with van der Waals surface area (Å²) in [6.07, 6.45) is -0.928. The Bertz CT molecular complexity index is 948. The number of carbonyl (C=O) groups is 1. The van der Waals surface area contributed by atoms with E-state index in [1.165, 1.54) is 0 Å². The summed E-state index contributed by atoms with van der Waals surface area (Å²) in [6, 6.07) is 19.1. The molecule has 0 fully saturated rings. The minimum atomic E-state index is -0.928. The van der Waals surface area contributed by atoms with Crippen LogP contribution in [-0.4, -0.2) is 11.0 Å². The van der Waals surface area contributed by atoms with Gasteiger partial charge in [-0.1, -0.05) is 69.5 Å². The molecule has 132 valence electrons. The number of amides is 1. The van der Waals surface area contributed by atoms with Crippen molar-refractivity contribution in [3.05, 3.63) is 97.9 Å². The molecule has 0 aliphatic heterocycles. The van der Waals surface area contributed by atoms with E-state index in [2.05, 4.69) is 21.2 Å². The number of nitrogens with one attached hydrogen (secondary N) is 1. The molecular formula is C20H14BrCl2NO2. The van der Waals surface area contributed by atoms with Gasteiger partial charge in [-0.2, -0.15) is 0 Å². The molecule has 26 heavy (non-hydrogen) atoms. The molecule has 0 saturated heterocycles. The summed E-state index contributed by atoms with van der Waals surface area (Å²) in [5.41, 5.74) is 2.00. The summed E-state index contributed by atoms with van der Waals surface area (Å²) in [4.78, 5) is 12.7. The van der Waals surface area contributed by atoms with E-state index in [-0.39, 0.29) is 5.91 Å². The lowest BCUT2D eigenvalue weighted by Crippen LogP contribution is -2.15. The summed E-state index contributed by atoms with van der Waals surface area (Å²) >= 11 is 15.6. The van der Waals surface area contributed by atoms with Crippen LogP contribution in [0.5, 0.6) is 0 Å². The third-order valence-electron chi connectivity index (χ3n) is 3.84. The Morgan fingerprint density at radius 3 is 2.46 bits per heavy atom. The SMILES string of the molecule is O=C(Nc1ccc(Cl)cc1C(O)c1ccccc1)c1cc(Br)ccc1Cl. The first-order valence-corrected chi connectivity index (χ1v) is 9.29. The topological polar surface area (TPSA) is 49.3 Å². The molecule has 0 radical (unpaired) electrons. The Kier molecular flexibility index (Phi) is 5.99. The number of carbonyl (C=O) groups excluding carboxylic acids is 1. The molecule has 0 spiro atoms. The van der Waals surface area contributed by atoms with Crippen molar-refractivity contribution in [1.82, 2.24) is 0 Å². The number of hydrogen-bond donors (Lipinski definition) is 2. The van der Waals surface area contributed by atoms with Crippen molar-refractivity contribution in [3.63, 3.8) is 0 Å². The van der Waals surface area contributed by atoms with E-state index in [1.54, 1.807) is 36.4 Å². The standard InChI is InChI=1S/C20H14BrCl2NO2/c21-13-6-8-17(23)15(10-13)20(26)24-18-9-7-14(22)11-16(18)19(25)12-4-2-1-3-5-12/h1-11,19,25H,(H,24,26). The number of anilines is 1. The smallest absolute Gasteiger partial charge is 0.257 e. The first-order valence-electron chi connectivity index (χ1n) is 7.74. The van der Waals surface area contributed by atoms with Crippen molar-refractivity contribution in [2.75, 3.05) is 5.32 Å². The lowest BCUT2D eigenvalue weighted by molar-refractivity contribution is 0.102. The first kappa shape index (κ1) is 18.9. The molecular weight excluding hydrogens is 437 g/mol. The number of aliphatic hydroxyl groups is 1. The van der Waals surface area contributed by atoms with E-state index >= 15 is 0 Å². The van der Waals surface area contributed by atoms with Gasteiger partial charge in [0.1, 0.15) is 6.10 Å². The Labute approximate surface area is 169 Å². The van der Waals surface area contributed by atoms with Crippen molar-refractivity contribution in [3.8, 4) is 0 Å². The van der Waals surface area contributed by atoms with Crippen molar-refractivity contribution in [1.29, 1.82) is 0 Å². The molecule has 3 nitrogen and oxygen atoms in total. The molecule has 1 atom stereocenters. The highest BCUT2D eigenvalue weighted by Crippen LogP contribution is 2.32. The van der Waals surface area contributed by atoms with Gasteiger partial charge in [-0.05, 0) is 42.0 Å². The van der Waals surface area contributed by atoms with Gasteiger partial charge in [0, 0.05) is 20.7 Å². The zero-order valence-electron chi connectivity index (χ0n) is 13.4. The highest BCUT2D eigenvalue weighted by Gasteiger charge is 2.18. The summed E-state index contributed by atoms with van der Waals surface area (Å²) in [7, 11) is 0. The highest BCUT2D eigenvalue weighted by atomic mass is 79.9. The Morgan fingerprint density at radius 1 is 1.00 bits per heavy atom. The predicted octanol–water partition coefficient (Wildman–Crippen LogP) is 6.09. The van der Waals surface area contributed by atoms with Crippen LogP contribution in [0.4, 0.5) is 5.69 Å². The van der Waals surface area contributed by atoms with Gasteiger partial charge in [-0.3, -0.25) is 4.79 Å². The fourth-order valence-electron chi connectivity index (χ4n) is 2.55. The van der Waals surface area contributed by atoms with Crippen LogP contribution >= 0.6 is 39.1 Å². The maximum absolute atomic E-state index is 12.7. The molecule has 0 aromatic heterocycles. The van der Waals surface area contributed by atoms with Gasteiger partial charge in [0.05, 0.1) is 10.6 Å². The minimum Gasteiger partial charge on any atom is -0.384 e. The van der Waals surface area contributed by atoms with Crippen molar-refractivity contribution in [2.24, 2.45) is 0 Å². The number of aliphatic hydroxyl groups excluding tert-OH is 1. The lowest BCUT2D eigenvalue weighted by Gasteiger charge is -2.17. The van der Waals surface area contributed by atoms with Gasteiger partial charge in [0.15, 0.2) is 0 Å². The van der Waals surface area contributed by atoms with Crippen LogP contribution in [0.2, 0.25) is 10.0 Å². The third kappa shape index (κ3) is 4.27. The van der Waals surface area contributed by atoms with E-state index < -0.39 is 6.10 Å². The Hall–Kier alpha value is -1.85. The van der Waals surface area contributed by atoms with Crippen molar-refractivity contribution in [2.45, 2.75) is 6.10 Å². The van der Waals surface area contributed by atoms with Gasteiger partial charge in [-0.25, -0.2) is 0 Å².